The van der Waals surface area contributed by atoms with E-state index in [1.54, 1.807) is 0 Å². The van der Waals surface area contributed by atoms with Crippen LogP contribution < -0.4 is 0 Å². The smallest absolute Gasteiger partial charge is 0.0430 e. The van der Waals surface area contributed by atoms with Crippen molar-refractivity contribution >= 4 is 54.2 Å². The average Bonchev–Trinajstić information content (AvgIpc) is 3.34. The van der Waals surface area contributed by atoms with Gasteiger partial charge in [-0.1, -0.05) is 30.3 Å². The van der Waals surface area contributed by atoms with Crippen molar-refractivity contribution in [3.8, 4) is 22.3 Å². The van der Waals surface area contributed by atoms with E-state index in [2.05, 4.69) is 59.3 Å². The minimum absolute atomic E-state index is 1.14. The summed E-state index contributed by atoms with van der Waals surface area (Å²) < 4.78 is 2.92. The van der Waals surface area contributed by atoms with Gasteiger partial charge < -0.3 is 0 Å². The highest BCUT2D eigenvalue weighted by Gasteiger charge is 2.28. The Balaban J connectivity index is 1.45. The molecular weight excluding hydrogens is 360 g/mol. The van der Waals surface area contributed by atoms with Crippen LogP contribution in [0.4, 0.5) is 0 Å². The fourth-order valence-corrected chi connectivity index (χ4v) is 6.79. The summed E-state index contributed by atoms with van der Waals surface area (Å²) in [5.41, 5.74) is 5.84. The van der Waals surface area contributed by atoms with E-state index in [0.29, 0.717) is 0 Å². The second-order valence-corrected chi connectivity index (χ2v) is 9.61. The second kappa shape index (κ2) is 5.28. The molecule has 0 aliphatic heterocycles. The molecule has 3 aromatic heterocycles. The molecule has 0 unspecified atom stereocenters. The van der Waals surface area contributed by atoms with E-state index >= 15 is 0 Å². The maximum Gasteiger partial charge on any atom is 0.0430 e. The molecule has 120 valence electrons. The average molecular weight is 375 g/mol. The Bertz CT molecular complexity index is 1240. The standard InChI is InChI=1S/C22H14S3/c1-2-15(23-10-1)5-6-16-12-14-4-8-18-19-17(20(18)22(14)25-16)7-3-13-9-11-24-21(13)19/h1-4,7-12H,5-6H2. The van der Waals surface area contributed by atoms with Gasteiger partial charge in [0.15, 0.2) is 0 Å². The molecule has 0 bridgehead atoms. The first kappa shape index (κ1) is 14.3. The van der Waals surface area contributed by atoms with Crippen LogP contribution in [0.3, 0.4) is 0 Å². The summed E-state index contributed by atoms with van der Waals surface area (Å²) in [4.78, 5) is 2.98. The molecule has 1 aliphatic rings. The van der Waals surface area contributed by atoms with E-state index in [4.69, 9.17) is 0 Å². The van der Waals surface area contributed by atoms with Crippen molar-refractivity contribution in [3.05, 3.63) is 69.0 Å². The normalized spacial score (nSPS) is 12.3. The first-order chi connectivity index (χ1) is 12.4. The molecule has 0 amide bonds. The zero-order chi connectivity index (χ0) is 16.4. The summed E-state index contributed by atoms with van der Waals surface area (Å²) in [7, 11) is 0. The molecule has 5 aromatic rings. The van der Waals surface area contributed by atoms with Gasteiger partial charge in [0.05, 0.1) is 0 Å². The highest BCUT2D eigenvalue weighted by molar-refractivity contribution is 7.20. The Morgan fingerprint density at radius 3 is 2.28 bits per heavy atom. The van der Waals surface area contributed by atoms with Crippen LogP contribution in [0.2, 0.25) is 0 Å². The molecule has 0 spiro atoms. The van der Waals surface area contributed by atoms with Gasteiger partial charge in [-0.3, -0.25) is 0 Å². The monoisotopic (exact) mass is 374 g/mol. The van der Waals surface area contributed by atoms with E-state index < -0.39 is 0 Å². The molecule has 0 N–H and O–H groups in total. The van der Waals surface area contributed by atoms with Crippen LogP contribution in [0.1, 0.15) is 9.75 Å². The van der Waals surface area contributed by atoms with Gasteiger partial charge in [0.1, 0.15) is 0 Å². The van der Waals surface area contributed by atoms with Crippen LogP contribution in [0.5, 0.6) is 0 Å². The number of benzene rings is 2. The molecule has 3 heterocycles. The van der Waals surface area contributed by atoms with Crippen molar-refractivity contribution in [2.24, 2.45) is 0 Å². The minimum Gasteiger partial charge on any atom is -0.149 e. The summed E-state index contributed by atoms with van der Waals surface area (Å²) in [5, 5.41) is 7.15. The van der Waals surface area contributed by atoms with Crippen LogP contribution in [0.15, 0.2) is 59.3 Å². The summed E-state index contributed by atoms with van der Waals surface area (Å²) in [6.45, 7) is 0. The fourth-order valence-electron chi connectivity index (χ4n) is 3.90. The van der Waals surface area contributed by atoms with Crippen LogP contribution >= 0.6 is 34.0 Å². The lowest BCUT2D eigenvalue weighted by Crippen LogP contribution is -1.98. The van der Waals surface area contributed by atoms with Gasteiger partial charge in [-0.05, 0) is 63.7 Å². The molecule has 1 aliphatic carbocycles. The quantitative estimate of drug-likeness (QED) is 0.299. The highest BCUT2D eigenvalue weighted by atomic mass is 32.1. The van der Waals surface area contributed by atoms with Gasteiger partial charge in [-0.2, -0.15) is 0 Å². The van der Waals surface area contributed by atoms with E-state index in [9.17, 15) is 0 Å². The predicted octanol–water partition coefficient (Wildman–Crippen LogP) is 7.61. The maximum atomic E-state index is 2.40. The van der Waals surface area contributed by atoms with Gasteiger partial charge in [0.25, 0.3) is 0 Å². The van der Waals surface area contributed by atoms with Crippen molar-refractivity contribution < 1.29 is 0 Å². The lowest BCUT2D eigenvalue weighted by atomic mass is 9.79. The summed E-state index contributed by atoms with van der Waals surface area (Å²) in [6.07, 6.45) is 2.30. The van der Waals surface area contributed by atoms with Crippen LogP contribution in [0.25, 0.3) is 42.4 Å². The molecule has 2 aromatic carbocycles. The van der Waals surface area contributed by atoms with Crippen LogP contribution in [-0.2, 0) is 12.8 Å². The number of fused-ring (bicyclic) bond motifs is 8. The minimum atomic E-state index is 1.14. The molecule has 0 radical (unpaired) electrons. The molecule has 25 heavy (non-hydrogen) atoms. The molecule has 6 rings (SSSR count). The molecule has 0 saturated carbocycles. The summed E-state index contributed by atoms with van der Waals surface area (Å²) >= 11 is 5.72. The predicted molar refractivity (Wildman–Crippen MR) is 113 cm³/mol. The van der Waals surface area contributed by atoms with Crippen molar-refractivity contribution in [3.63, 3.8) is 0 Å². The molecule has 3 heteroatoms. The Hall–Kier alpha value is -1.94. The third-order valence-electron chi connectivity index (χ3n) is 5.10. The molecule has 0 fully saturated rings. The van der Waals surface area contributed by atoms with Crippen molar-refractivity contribution in [1.82, 2.24) is 0 Å². The van der Waals surface area contributed by atoms with Gasteiger partial charge in [0.2, 0.25) is 0 Å². The van der Waals surface area contributed by atoms with E-state index in [-0.39, 0.29) is 0 Å². The summed E-state index contributed by atoms with van der Waals surface area (Å²) in [6, 6.07) is 18.3. The first-order valence-electron chi connectivity index (χ1n) is 8.47. The second-order valence-electron chi connectivity index (χ2n) is 6.53. The van der Waals surface area contributed by atoms with Gasteiger partial charge >= 0.3 is 0 Å². The van der Waals surface area contributed by atoms with E-state index in [0.717, 1.165) is 12.8 Å². The number of thiophene rings is 3. The highest BCUT2D eigenvalue weighted by Crippen LogP contribution is 2.55. The summed E-state index contributed by atoms with van der Waals surface area (Å²) in [5.74, 6) is 0. The van der Waals surface area contributed by atoms with Gasteiger partial charge in [0, 0.05) is 30.3 Å². The van der Waals surface area contributed by atoms with E-state index in [1.165, 1.54) is 52.2 Å². The molecule has 0 atom stereocenters. The fraction of sp³-hybridized carbons (Fsp3) is 0.0909. The maximum absolute atomic E-state index is 2.40. The number of hydrogen-bond acceptors (Lipinski definition) is 3. The molecule has 0 saturated heterocycles. The Morgan fingerprint density at radius 2 is 1.44 bits per heavy atom. The van der Waals surface area contributed by atoms with E-state index in [1.807, 2.05) is 34.0 Å². The molecular formula is C22H14S3. The van der Waals surface area contributed by atoms with Crippen LogP contribution in [-0.4, -0.2) is 0 Å². The first-order valence-corrected chi connectivity index (χ1v) is 11.0. The van der Waals surface area contributed by atoms with Crippen molar-refractivity contribution in [1.29, 1.82) is 0 Å². The zero-order valence-electron chi connectivity index (χ0n) is 13.4. The Kier molecular flexibility index (Phi) is 3.01. The van der Waals surface area contributed by atoms with Crippen molar-refractivity contribution in [2.45, 2.75) is 12.8 Å². The lowest BCUT2D eigenvalue weighted by molar-refractivity contribution is 1.01. The Labute approximate surface area is 158 Å². The SMILES string of the molecule is c1csc(CCc2cc3ccc4c(c3s2)-c2ccc3ccsc3c2-4)c1. The Morgan fingerprint density at radius 1 is 0.640 bits per heavy atom. The zero-order valence-corrected chi connectivity index (χ0v) is 15.9. The van der Waals surface area contributed by atoms with Gasteiger partial charge in [-0.25, -0.2) is 0 Å². The molecule has 0 nitrogen and oxygen atoms in total. The topological polar surface area (TPSA) is 0 Å². The largest absolute Gasteiger partial charge is 0.149 e. The van der Waals surface area contributed by atoms with Crippen LogP contribution in [0, 0.1) is 0 Å². The van der Waals surface area contributed by atoms with Gasteiger partial charge in [-0.15, -0.1) is 34.0 Å². The third kappa shape index (κ3) is 2.03. The number of rotatable bonds is 3. The van der Waals surface area contributed by atoms with Crippen molar-refractivity contribution in [2.75, 3.05) is 0 Å². The lowest BCUT2D eigenvalue weighted by Gasteiger charge is -2.25. The number of aryl methyl sites for hydroxylation is 2. The number of hydrogen-bond donors (Lipinski definition) is 0. The third-order valence-corrected chi connectivity index (χ3v) is 8.21.